The second-order valence-electron chi connectivity index (χ2n) is 6.92. The predicted molar refractivity (Wildman–Crippen MR) is 108 cm³/mol. The monoisotopic (exact) mass is 392 g/mol. The van der Waals surface area contributed by atoms with Crippen molar-refractivity contribution in [3.05, 3.63) is 80.9 Å². The fraction of sp³-hybridized carbons (Fsp3) is 0.238. The van der Waals surface area contributed by atoms with Gasteiger partial charge in [0.05, 0.1) is 10.8 Å². The number of carbonyl (C=O) groups is 2. The van der Waals surface area contributed by atoms with E-state index in [9.17, 15) is 19.2 Å². The number of nitrogens with one attached hydrogen (secondary N) is 1. The van der Waals surface area contributed by atoms with Gasteiger partial charge in [-0.25, -0.2) is 4.68 Å². The Kier molecular flexibility index (Phi) is 4.99. The number of aromatic nitrogens is 2. The first-order valence-corrected chi connectivity index (χ1v) is 9.38. The van der Waals surface area contributed by atoms with Crippen molar-refractivity contribution >= 4 is 22.6 Å². The summed E-state index contributed by atoms with van der Waals surface area (Å²) < 4.78 is 1.05. The third-order valence-corrected chi connectivity index (χ3v) is 5.12. The van der Waals surface area contributed by atoms with Crippen molar-refractivity contribution in [2.45, 2.75) is 6.54 Å². The van der Waals surface area contributed by atoms with Crippen molar-refractivity contribution in [2.75, 3.05) is 26.2 Å². The first kappa shape index (κ1) is 18.7. The molecule has 0 unspecified atom stereocenters. The number of amides is 2. The van der Waals surface area contributed by atoms with Crippen LogP contribution < -0.4 is 11.1 Å². The van der Waals surface area contributed by atoms with Crippen LogP contribution in [-0.4, -0.2) is 57.6 Å². The number of nitrogens with zero attached hydrogens (tertiary/aromatic N) is 3. The van der Waals surface area contributed by atoms with E-state index in [4.69, 9.17) is 0 Å². The Morgan fingerprint density at radius 2 is 1.38 bits per heavy atom. The molecule has 2 aromatic carbocycles. The van der Waals surface area contributed by atoms with Crippen molar-refractivity contribution in [3.63, 3.8) is 0 Å². The lowest BCUT2D eigenvalue weighted by atomic mass is 10.2. The summed E-state index contributed by atoms with van der Waals surface area (Å²) in [4.78, 5) is 53.2. The van der Waals surface area contributed by atoms with Crippen LogP contribution in [0.5, 0.6) is 0 Å². The summed E-state index contributed by atoms with van der Waals surface area (Å²) in [6.45, 7) is 1.35. The SMILES string of the molecule is O=C(Cn1[nH]c(=O)c2ccccc2c1=O)N1CCN(C(=O)c2ccccc2)CC1. The number of piperazine rings is 1. The van der Waals surface area contributed by atoms with Crippen molar-refractivity contribution in [3.8, 4) is 0 Å². The summed E-state index contributed by atoms with van der Waals surface area (Å²) in [5, 5.41) is 3.05. The molecule has 2 amide bonds. The molecule has 1 aromatic heterocycles. The van der Waals surface area contributed by atoms with E-state index >= 15 is 0 Å². The van der Waals surface area contributed by atoms with Crippen LogP contribution in [0.1, 0.15) is 10.4 Å². The quantitative estimate of drug-likeness (QED) is 0.709. The molecular formula is C21H20N4O4. The van der Waals surface area contributed by atoms with Gasteiger partial charge in [-0.05, 0) is 24.3 Å². The lowest BCUT2D eigenvalue weighted by molar-refractivity contribution is -0.133. The zero-order valence-electron chi connectivity index (χ0n) is 15.7. The maximum absolute atomic E-state index is 12.7. The van der Waals surface area contributed by atoms with E-state index in [1.165, 1.54) is 0 Å². The minimum absolute atomic E-state index is 0.0622. The Morgan fingerprint density at radius 1 is 0.793 bits per heavy atom. The summed E-state index contributed by atoms with van der Waals surface area (Å²) in [5.41, 5.74) is -0.203. The van der Waals surface area contributed by atoms with E-state index in [0.717, 1.165) is 4.68 Å². The van der Waals surface area contributed by atoms with E-state index in [1.807, 2.05) is 18.2 Å². The van der Waals surface area contributed by atoms with Crippen LogP contribution in [0.25, 0.3) is 10.8 Å². The number of fused-ring (bicyclic) bond motifs is 1. The second kappa shape index (κ2) is 7.75. The Morgan fingerprint density at radius 3 is 2.07 bits per heavy atom. The normalized spacial score (nSPS) is 14.2. The van der Waals surface area contributed by atoms with E-state index < -0.39 is 11.1 Å². The smallest absolute Gasteiger partial charge is 0.273 e. The maximum atomic E-state index is 12.7. The maximum Gasteiger partial charge on any atom is 0.273 e. The Balaban J connectivity index is 1.44. The van der Waals surface area contributed by atoms with Crippen molar-refractivity contribution in [2.24, 2.45) is 0 Å². The first-order chi connectivity index (χ1) is 14.0. The molecule has 148 valence electrons. The molecule has 0 bridgehead atoms. The van der Waals surface area contributed by atoms with E-state index in [1.54, 1.807) is 46.2 Å². The molecule has 1 saturated heterocycles. The zero-order chi connectivity index (χ0) is 20.4. The van der Waals surface area contributed by atoms with Gasteiger partial charge in [-0.3, -0.25) is 24.3 Å². The summed E-state index contributed by atoms with van der Waals surface area (Å²) in [6.07, 6.45) is 0. The van der Waals surface area contributed by atoms with Crippen LogP contribution in [0, 0.1) is 0 Å². The topological polar surface area (TPSA) is 95.5 Å². The highest BCUT2D eigenvalue weighted by molar-refractivity contribution is 5.94. The van der Waals surface area contributed by atoms with Crippen molar-refractivity contribution < 1.29 is 9.59 Å². The molecule has 0 aliphatic carbocycles. The summed E-state index contributed by atoms with van der Waals surface area (Å²) >= 11 is 0. The van der Waals surface area contributed by atoms with Crippen molar-refractivity contribution in [1.29, 1.82) is 0 Å². The average Bonchev–Trinajstić information content (AvgIpc) is 2.77. The lowest BCUT2D eigenvalue weighted by Gasteiger charge is -2.34. The Bertz CT molecular complexity index is 1170. The molecule has 3 aromatic rings. The molecule has 8 heteroatoms. The van der Waals surface area contributed by atoms with E-state index in [0.29, 0.717) is 37.1 Å². The fourth-order valence-corrected chi connectivity index (χ4v) is 3.52. The first-order valence-electron chi connectivity index (χ1n) is 9.38. The standard InChI is InChI=1S/C21H20N4O4/c26-18(14-25-21(29)17-9-5-4-8-16(17)19(27)22-25)23-10-12-24(13-11-23)20(28)15-6-2-1-3-7-15/h1-9H,10-14H2,(H,22,27). The van der Waals surface area contributed by atoms with Crippen LogP contribution in [0.4, 0.5) is 0 Å². The van der Waals surface area contributed by atoms with E-state index in [2.05, 4.69) is 5.10 Å². The molecule has 0 atom stereocenters. The van der Waals surface area contributed by atoms with Crippen LogP contribution in [0.15, 0.2) is 64.2 Å². The summed E-state index contributed by atoms with van der Waals surface area (Å²) in [5.74, 6) is -0.336. The Labute approximate surface area is 166 Å². The molecule has 1 aliphatic heterocycles. The summed E-state index contributed by atoms with van der Waals surface area (Å²) in [6, 6.07) is 15.5. The molecule has 8 nitrogen and oxygen atoms in total. The van der Waals surface area contributed by atoms with Crippen LogP contribution in [0.2, 0.25) is 0 Å². The molecule has 1 aliphatic rings. The minimum Gasteiger partial charge on any atom is -0.338 e. The van der Waals surface area contributed by atoms with Gasteiger partial charge in [0.15, 0.2) is 0 Å². The molecule has 0 radical (unpaired) electrons. The number of carbonyl (C=O) groups excluding carboxylic acids is 2. The summed E-state index contributed by atoms with van der Waals surface area (Å²) in [7, 11) is 0. The molecular weight excluding hydrogens is 372 g/mol. The van der Waals surface area contributed by atoms with Gasteiger partial charge in [0.2, 0.25) is 5.91 Å². The molecule has 1 fully saturated rings. The van der Waals surface area contributed by atoms with Crippen LogP contribution in [-0.2, 0) is 11.3 Å². The molecule has 0 saturated carbocycles. The van der Waals surface area contributed by atoms with Crippen LogP contribution in [0.3, 0.4) is 0 Å². The number of rotatable bonds is 3. The molecule has 29 heavy (non-hydrogen) atoms. The fourth-order valence-electron chi connectivity index (χ4n) is 3.52. The molecule has 4 rings (SSSR count). The highest BCUT2D eigenvalue weighted by Crippen LogP contribution is 2.09. The van der Waals surface area contributed by atoms with Gasteiger partial charge in [-0.2, -0.15) is 0 Å². The molecule has 0 spiro atoms. The van der Waals surface area contributed by atoms with Gasteiger partial charge in [0, 0.05) is 31.7 Å². The van der Waals surface area contributed by atoms with Gasteiger partial charge < -0.3 is 9.80 Å². The van der Waals surface area contributed by atoms with Gasteiger partial charge in [0.25, 0.3) is 17.0 Å². The van der Waals surface area contributed by atoms with Gasteiger partial charge in [-0.1, -0.05) is 30.3 Å². The number of hydrogen-bond acceptors (Lipinski definition) is 4. The van der Waals surface area contributed by atoms with Gasteiger partial charge >= 0.3 is 0 Å². The molecule has 1 N–H and O–H groups in total. The van der Waals surface area contributed by atoms with Gasteiger partial charge in [-0.15, -0.1) is 0 Å². The van der Waals surface area contributed by atoms with Gasteiger partial charge in [0.1, 0.15) is 6.54 Å². The largest absolute Gasteiger partial charge is 0.338 e. The predicted octanol–water partition coefficient (Wildman–Crippen LogP) is 0.674. The van der Waals surface area contributed by atoms with E-state index in [-0.39, 0.29) is 23.7 Å². The highest BCUT2D eigenvalue weighted by atomic mass is 16.2. The highest BCUT2D eigenvalue weighted by Gasteiger charge is 2.25. The van der Waals surface area contributed by atoms with Crippen LogP contribution >= 0.6 is 0 Å². The average molecular weight is 392 g/mol. The molecule has 2 heterocycles. The number of hydrogen-bond donors (Lipinski definition) is 1. The zero-order valence-corrected chi connectivity index (χ0v) is 15.7. The third kappa shape index (κ3) is 3.69. The number of aromatic amines is 1. The second-order valence-corrected chi connectivity index (χ2v) is 6.92. The Hall–Kier alpha value is -3.68. The minimum atomic E-state index is -0.411. The lowest BCUT2D eigenvalue weighted by Crippen LogP contribution is -2.52. The third-order valence-electron chi connectivity index (χ3n) is 5.12. The number of benzene rings is 2. The van der Waals surface area contributed by atoms with Crippen molar-refractivity contribution in [1.82, 2.24) is 19.6 Å². The number of H-pyrrole nitrogens is 1.